The van der Waals surface area contributed by atoms with Gasteiger partial charge >= 0.3 is 6.03 Å². The Balaban J connectivity index is 1.40. The molecule has 3 saturated heterocycles. The van der Waals surface area contributed by atoms with Gasteiger partial charge in [-0.25, -0.2) is 4.79 Å². The molecule has 0 spiro atoms. The third-order valence-corrected chi connectivity index (χ3v) is 6.48. The molecule has 3 amide bonds. The lowest BCUT2D eigenvalue weighted by Crippen LogP contribution is -2.56. The summed E-state index contributed by atoms with van der Waals surface area (Å²) in [6, 6.07) is 0.0854. The van der Waals surface area contributed by atoms with E-state index in [4.69, 9.17) is 0 Å². The lowest BCUT2D eigenvalue weighted by atomic mass is 10.1. The van der Waals surface area contributed by atoms with Crippen LogP contribution in [0.5, 0.6) is 0 Å². The highest BCUT2D eigenvalue weighted by Crippen LogP contribution is 2.22. The summed E-state index contributed by atoms with van der Waals surface area (Å²) in [6.07, 6.45) is 3.28. The summed E-state index contributed by atoms with van der Waals surface area (Å²) in [5.74, 6) is 3.26. The maximum atomic E-state index is 12.5. The highest BCUT2D eigenvalue weighted by atomic mass is 32.2. The van der Waals surface area contributed by atoms with Crippen LogP contribution >= 0.6 is 11.8 Å². The van der Waals surface area contributed by atoms with E-state index >= 15 is 0 Å². The predicted molar refractivity (Wildman–Crippen MR) is 92.6 cm³/mol. The van der Waals surface area contributed by atoms with Crippen molar-refractivity contribution in [2.45, 2.75) is 25.3 Å². The van der Waals surface area contributed by atoms with Crippen molar-refractivity contribution in [2.75, 3.05) is 57.8 Å². The Morgan fingerprint density at radius 1 is 1.09 bits per heavy atom. The zero-order chi connectivity index (χ0) is 16.2. The number of thioether (sulfide) groups is 1. The van der Waals surface area contributed by atoms with Gasteiger partial charge in [0.2, 0.25) is 5.91 Å². The lowest BCUT2D eigenvalue weighted by molar-refractivity contribution is -0.137. The zero-order valence-corrected chi connectivity index (χ0v) is 14.8. The van der Waals surface area contributed by atoms with Crippen LogP contribution in [0.4, 0.5) is 4.79 Å². The number of likely N-dealkylation sites (N-methyl/N-ethyl adjacent to an activating group) is 1. The first-order chi connectivity index (χ1) is 11.1. The number of urea groups is 1. The van der Waals surface area contributed by atoms with Gasteiger partial charge in [-0.1, -0.05) is 0 Å². The number of hydrogen-bond donors (Lipinski definition) is 1. The van der Waals surface area contributed by atoms with Crippen molar-refractivity contribution in [3.8, 4) is 0 Å². The molecule has 3 rings (SSSR count). The average molecular weight is 340 g/mol. The number of nitrogens with zero attached hydrogens (tertiary/aromatic N) is 3. The molecule has 0 bridgehead atoms. The quantitative estimate of drug-likeness (QED) is 0.821. The number of likely N-dealkylation sites (tertiary alicyclic amines) is 1. The SMILES string of the molecule is CN1CCC[C@@H]1C(=O)N1CCN(C(=O)NC[C@@H]2CCSC2)CC1. The summed E-state index contributed by atoms with van der Waals surface area (Å²) in [5, 5.41) is 3.06. The fraction of sp³-hybridized carbons (Fsp3) is 0.875. The van der Waals surface area contributed by atoms with Crippen LogP contribution in [0, 0.1) is 5.92 Å². The molecule has 23 heavy (non-hydrogen) atoms. The fourth-order valence-corrected chi connectivity index (χ4v) is 4.94. The first-order valence-corrected chi connectivity index (χ1v) is 9.90. The summed E-state index contributed by atoms with van der Waals surface area (Å²) in [6.45, 7) is 4.42. The molecule has 0 aromatic heterocycles. The summed E-state index contributed by atoms with van der Waals surface area (Å²) in [4.78, 5) is 30.7. The van der Waals surface area contributed by atoms with Gasteiger partial charge in [0, 0.05) is 32.7 Å². The smallest absolute Gasteiger partial charge is 0.317 e. The normalized spacial score (nSPS) is 29.1. The van der Waals surface area contributed by atoms with Crippen molar-refractivity contribution in [3.63, 3.8) is 0 Å². The molecule has 130 valence electrons. The van der Waals surface area contributed by atoms with Crippen LogP contribution < -0.4 is 5.32 Å². The van der Waals surface area contributed by atoms with Crippen molar-refractivity contribution in [1.82, 2.24) is 20.0 Å². The van der Waals surface area contributed by atoms with Crippen molar-refractivity contribution in [2.24, 2.45) is 5.92 Å². The maximum Gasteiger partial charge on any atom is 0.317 e. The minimum atomic E-state index is 0.0342. The van der Waals surface area contributed by atoms with E-state index in [9.17, 15) is 9.59 Å². The van der Waals surface area contributed by atoms with Gasteiger partial charge in [-0.2, -0.15) is 11.8 Å². The fourth-order valence-electron chi connectivity index (χ4n) is 3.65. The summed E-state index contributed by atoms with van der Waals surface area (Å²) >= 11 is 1.97. The van der Waals surface area contributed by atoms with Crippen molar-refractivity contribution < 1.29 is 9.59 Å². The van der Waals surface area contributed by atoms with E-state index in [1.807, 2.05) is 28.6 Å². The second-order valence-electron chi connectivity index (χ2n) is 6.87. The maximum absolute atomic E-state index is 12.5. The second-order valence-corrected chi connectivity index (χ2v) is 8.02. The number of hydrogen-bond acceptors (Lipinski definition) is 4. The molecule has 0 radical (unpaired) electrons. The summed E-state index contributed by atoms with van der Waals surface area (Å²) in [7, 11) is 2.03. The molecule has 3 fully saturated rings. The topological polar surface area (TPSA) is 55.9 Å². The van der Waals surface area contributed by atoms with Gasteiger partial charge < -0.3 is 15.1 Å². The predicted octanol–water partition coefficient (Wildman–Crippen LogP) is 0.688. The van der Waals surface area contributed by atoms with E-state index < -0.39 is 0 Å². The number of amides is 3. The van der Waals surface area contributed by atoms with Crippen LogP contribution in [-0.2, 0) is 4.79 Å². The lowest BCUT2D eigenvalue weighted by Gasteiger charge is -2.37. The third-order valence-electron chi connectivity index (χ3n) is 5.25. The van der Waals surface area contributed by atoms with Gasteiger partial charge in [0.25, 0.3) is 0 Å². The number of carbonyl (C=O) groups excluding carboxylic acids is 2. The van der Waals surface area contributed by atoms with E-state index in [0.29, 0.717) is 32.1 Å². The van der Waals surface area contributed by atoms with Crippen molar-refractivity contribution in [1.29, 1.82) is 0 Å². The Morgan fingerprint density at radius 3 is 2.43 bits per heavy atom. The van der Waals surface area contributed by atoms with Crippen LogP contribution in [0.15, 0.2) is 0 Å². The molecule has 0 aromatic rings. The molecule has 2 atom stereocenters. The Kier molecular flexibility index (Phi) is 5.69. The van der Waals surface area contributed by atoms with E-state index in [0.717, 1.165) is 31.7 Å². The molecule has 3 aliphatic rings. The molecular formula is C16H28N4O2S. The molecule has 0 saturated carbocycles. The monoisotopic (exact) mass is 340 g/mol. The number of piperazine rings is 1. The molecule has 3 aliphatic heterocycles. The Morgan fingerprint density at radius 2 is 1.83 bits per heavy atom. The first-order valence-electron chi connectivity index (χ1n) is 8.74. The molecule has 1 N–H and O–H groups in total. The van der Waals surface area contributed by atoms with Crippen LogP contribution in [0.2, 0.25) is 0 Å². The first kappa shape index (κ1) is 16.9. The largest absolute Gasteiger partial charge is 0.338 e. The second kappa shape index (κ2) is 7.75. The van der Waals surface area contributed by atoms with Gasteiger partial charge in [0.15, 0.2) is 0 Å². The summed E-state index contributed by atoms with van der Waals surface area (Å²) in [5.41, 5.74) is 0. The van der Waals surface area contributed by atoms with E-state index in [2.05, 4.69) is 10.2 Å². The van der Waals surface area contributed by atoms with Crippen LogP contribution in [0.25, 0.3) is 0 Å². The van der Waals surface area contributed by atoms with Crippen LogP contribution in [-0.4, -0.2) is 90.5 Å². The Hall–Kier alpha value is -0.950. The standard InChI is InChI=1S/C16H28N4O2S/c1-18-5-2-3-14(18)15(21)19-6-8-20(9-7-19)16(22)17-11-13-4-10-23-12-13/h13-14H,2-12H2,1H3,(H,17,22)/t13-,14+/m0/s1. The van der Waals surface area contributed by atoms with E-state index in [-0.39, 0.29) is 18.0 Å². The Labute approximate surface area is 142 Å². The highest BCUT2D eigenvalue weighted by Gasteiger charge is 2.33. The van der Waals surface area contributed by atoms with Crippen molar-refractivity contribution >= 4 is 23.7 Å². The molecule has 6 nitrogen and oxygen atoms in total. The van der Waals surface area contributed by atoms with Gasteiger partial charge in [-0.05, 0) is 50.3 Å². The van der Waals surface area contributed by atoms with E-state index in [1.54, 1.807) is 0 Å². The number of rotatable bonds is 3. The van der Waals surface area contributed by atoms with Gasteiger partial charge in [0.05, 0.1) is 6.04 Å². The third kappa shape index (κ3) is 4.12. The molecule has 7 heteroatoms. The summed E-state index contributed by atoms with van der Waals surface area (Å²) < 4.78 is 0. The van der Waals surface area contributed by atoms with E-state index in [1.165, 1.54) is 12.2 Å². The molecule has 0 aromatic carbocycles. The Bertz CT molecular complexity index is 434. The minimum Gasteiger partial charge on any atom is -0.338 e. The van der Waals surface area contributed by atoms with Gasteiger partial charge in [-0.3, -0.25) is 9.69 Å². The van der Waals surface area contributed by atoms with Gasteiger partial charge in [-0.15, -0.1) is 0 Å². The molecule has 3 heterocycles. The van der Waals surface area contributed by atoms with Crippen LogP contribution in [0.3, 0.4) is 0 Å². The zero-order valence-electron chi connectivity index (χ0n) is 14.0. The highest BCUT2D eigenvalue weighted by molar-refractivity contribution is 7.99. The molecule has 0 unspecified atom stereocenters. The van der Waals surface area contributed by atoms with Crippen molar-refractivity contribution in [3.05, 3.63) is 0 Å². The van der Waals surface area contributed by atoms with Gasteiger partial charge in [0.1, 0.15) is 0 Å². The number of carbonyl (C=O) groups is 2. The number of nitrogens with one attached hydrogen (secondary N) is 1. The molecule has 0 aliphatic carbocycles. The average Bonchev–Trinajstić information content (AvgIpc) is 3.23. The minimum absolute atomic E-state index is 0.0342. The van der Waals surface area contributed by atoms with Crippen LogP contribution in [0.1, 0.15) is 19.3 Å². The molecular weight excluding hydrogens is 312 g/mol.